The summed E-state index contributed by atoms with van der Waals surface area (Å²) in [5.74, 6) is 6.11. The molecule has 0 fully saturated rings. The van der Waals surface area contributed by atoms with Crippen molar-refractivity contribution in [2.24, 2.45) is 0 Å². The van der Waals surface area contributed by atoms with E-state index in [1.165, 1.54) is 5.56 Å². The predicted octanol–water partition coefficient (Wildman–Crippen LogP) is 3.54. The molecule has 0 saturated heterocycles. The van der Waals surface area contributed by atoms with Gasteiger partial charge in [0.05, 0.1) is 0 Å². The van der Waals surface area contributed by atoms with Crippen LogP contribution in [-0.4, -0.2) is 11.5 Å². The number of aromatic nitrogens is 1. The number of aryl methyl sites for hydroxylation is 2. The Bertz CT molecular complexity index is 426. The third-order valence-electron chi connectivity index (χ3n) is 3.02. The Morgan fingerprint density at radius 3 is 2.72 bits per heavy atom. The van der Waals surface area contributed by atoms with Gasteiger partial charge in [0.1, 0.15) is 0 Å². The summed E-state index contributed by atoms with van der Waals surface area (Å²) < 4.78 is 0. The molecule has 1 aromatic rings. The van der Waals surface area contributed by atoms with Crippen LogP contribution < -0.4 is 5.32 Å². The van der Waals surface area contributed by atoms with Crippen LogP contribution in [-0.2, 0) is 0 Å². The van der Waals surface area contributed by atoms with E-state index in [0.29, 0.717) is 6.04 Å². The molecule has 0 amide bonds. The van der Waals surface area contributed by atoms with E-state index in [0.717, 1.165) is 37.2 Å². The van der Waals surface area contributed by atoms with E-state index in [1.807, 2.05) is 13.8 Å². The molecule has 0 radical (unpaired) electrons. The lowest BCUT2D eigenvalue weighted by Gasteiger charge is -2.19. The molecule has 0 aromatic carbocycles. The second-order valence-corrected chi connectivity index (χ2v) is 4.60. The molecule has 1 unspecified atom stereocenters. The van der Waals surface area contributed by atoms with Crippen LogP contribution in [0, 0.1) is 25.7 Å². The van der Waals surface area contributed by atoms with Crippen LogP contribution in [0.3, 0.4) is 0 Å². The van der Waals surface area contributed by atoms with Crippen molar-refractivity contribution >= 4 is 0 Å². The molecule has 1 heterocycles. The smallest absolute Gasteiger partial charge is 0.0423 e. The van der Waals surface area contributed by atoms with Gasteiger partial charge in [0.2, 0.25) is 0 Å². The molecule has 0 aliphatic rings. The molecule has 1 rings (SSSR count). The summed E-state index contributed by atoms with van der Waals surface area (Å²) in [5, 5.41) is 3.60. The van der Waals surface area contributed by atoms with E-state index < -0.39 is 0 Å². The maximum absolute atomic E-state index is 4.55. The Hall–Kier alpha value is -1.33. The van der Waals surface area contributed by atoms with Crippen molar-refractivity contribution in [1.29, 1.82) is 0 Å². The molecule has 18 heavy (non-hydrogen) atoms. The van der Waals surface area contributed by atoms with Gasteiger partial charge >= 0.3 is 0 Å². The Kier molecular flexibility index (Phi) is 6.46. The minimum Gasteiger partial charge on any atom is -0.310 e. The maximum Gasteiger partial charge on any atom is 0.0423 e. The van der Waals surface area contributed by atoms with Gasteiger partial charge in [-0.1, -0.05) is 13.0 Å². The zero-order valence-corrected chi connectivity index (χ0v) is 12.0. The lowest BCUT2D eigenvalue weighted by Crippen LogP contribution is -2.23. The fraction of sp³-hybridized carbons (Fsp3) is 0.562. The van der Waals surface area contributed by atoms with E-state index in [2.05, 4.69) is 48.1 Å². The molecule has 0 aliphatic heterocycles. The third kappa shape index (κ3) is 4.50. The number of nitrogens with zero attached hydrogens (tertiary/aromatic N) is 1. The molecule has 1 atom stereocenters. The molecule has 98 valence electrons. The van der Waals surface area contributed by atoms with Gasteiger partial charge < -0.3 is 5.32 Å². The number of hydrogen-bond acceptors (Lipinski definition) is 2. The standard InChI is InChI=1S/C16H24N2/c1-5-7-8-9-16(17-12-6-2)15-11-10-13(3)18-14(15)4/h10-11,16-17H,6,8-9,12H2,1-4H3. The number of pyridine rings is 1. The Morgan fingerprint density at radius 1 is 1.33 bits per heavy atom. The minimum atomic E-state index is 0.374. The topological polar surface area (TPSA) is 24.9 Å². The molecule has 0 saturated carbocycles. The Labute approximate surface area is 111 Å². The first-order valence-corrected chi connectivity index (χ1v) is 6.76. The summed E-state index contributed by atoms with van der Waals surface area (Å²) in [4.78, 5) is 4.55. The van der Waals surface area contributed by atoms with Crippen LogP contribution in [0.4, 0.5) is 0 Å². The van der Waals surface area contributed by atoms with Crippen molar-refractivity contribution in [2.75, 3.05) is 6.54 Å². The maximum atomic E-state index is 4.55. The van der Waals surface area contributed by atoms with Crippen molar-refractivity contribution in [3.05, 3.63) is 29.1 Å². The zero-order chi connectivity index (χ0) is 13.4. The summed E-state index contributed by atoms with van der Waals surface area (Å²) in [7, 11) is 0. The second-order valence-electron chi connectivity index (χ2n) is 4.60. The van der Waals surface area contributed by atoms with Crippen LogP contribution >= 0.6 is 0 Å². The first kappa shape index (κ1) is 14.7. The van der Waals surface area contributed by atoms with Crippen LogP contribution in [0.1, 0.15) is 56.1 Å². The Morgan fingerprint density at radius 2 is 2.11 bits per heavy atom. The van der Waals surface area contributed by atoms with Gasteiger partial charge in [0.25, 0.3) is 0 Å². The van der Waals surface area contributed by atoms with Gasteiger partial charge in [-0.2, -0.15) is 0 Å². The van der Waals surface area contributed by atoms with Gasteiger partial charge in [-0.15, -0.1) is 11.8 Å². The quantitative estimate of drug-likeness (QED) is 0.774. The van der Waals surface area contributed by atoms with Crippen molar-refractivity contribution in [2.45, 2.75) is 53.0 Å². The molecule has 1 N–H and O–H groups in total. The molecule has 1 aromatic heterocycles. The summed E-state index contributed by atoms with van der Waals surface area (Å²) in [5.41, 5.74) is 3.53. The average molecular weight is 244 g/mol. The summed E-state index contributed by atoms with van der Waals surface area (Å²) >= 11 is 0. The molecule has 0 spiro atoms. The number of hydrogen-bond donors (Lipinski definition) is 1. The van der Waals surface area contributed by atoms with Crippen LogP contribution in [0.15, 0.2) is 12.1 Å². The summed E-state index contributed by atoms with van der Waals surface area (Å²) in [6.45, 7) is 9.25. The number of nitrogens with one attached hydrogen (secondary N) is 1. The molecule has 2 heteroatoms. The highest BCUT2D eigenvalue weighted by molar-refractivity contribution is 5.25. The fourth-order valence-electron chi connectivity index (χ4n) is 2.09. The monoisotopic (exact) mass is 244 g/mol. The minimum absolute atomic E-state index is 0.374. The van der Waals surface area contributed by atoms with Crippen LogP contribution in [0.5, 0.6) is 0 Å². The third-order valence-corrected chi connectivity index (χ3v) is 3.02. The van der Waals surface area contributed by atoms with Gasteiger partial charge in [-0.05, 0) is 51.8 Å². The van der Waals surface area contributed by atoms with Crippen molar-refractivity contribution in [1.82, 2.24) is 10.3 Å². The first-order chi connectivity index (χ1) is 8.69. The largest absolute Gasteiger partial charge is 0.310 e. The molecule has 2 nitrogen and oxygen atoms in total. The normalized spacial score (nSPS) is 11.8. The van der Waals surface area contributed by atoms with E-state index >= 15 is 0 Å². The highest BCUT2D eigenvalue weighted by Crippen LogP contribution is 2.21. The Balaban J connectivity index is 2.81. The zero-order valence-electron chi connectivity index (χ0n) is 12.0. The van der Waals surface area contributed by atoms with Gasteiger partial charge in [0, 0.05) is 23.9 Å². The molecular weight excluding hydrogens is 220 g/mol. The van der Waals surface area contributed by atoms with Crippen molar-refractivity contribution in [3.8, 4) is 11.8 Å². The van der Waals surface area contributed by atoms with Crippen molar-refractivity contribution < 1.29 is 0 Å². The average Bonchev–Trinajstić information content (AvgIpc) is 2.34. The highest BCUT2D eigenvalue weighted by atomic mass is 14.9. The lowest BCUT2D eigenvalue weighted by molar-refractivity contribution is 0.501. The number of rotatable bonds is 6. The van der Waals surface area contributed by atoms with Gasteiger partial charge in [-0.25, -0.2) is 0 Å². The van der Waals surface area contributed by atoms with E-state index in [9.17, 15) is 0 Å². The van der Waals surface area contributed by atoms with Gasteiger partial charge in [-0.3, -0.25) is 4.98 Å². The molecule has 0 bridgehead atoms. The first-order valence-electron chi connectivity index (χ1n) is 6.76. The summed E-state index contributed by atoms with van der Waals surface area (Å²) in [6.07, 6.45) is 3.13. The molecular formula is C16H24N2. The van der Waals surface area contributed by atoms with E-state index in [-0.39, 0.29) is 0 Å². The van der Waals surface area contributed by atoms with Crippen LogP contribution in [0.2, 0.25) is 0 Å². The molecule has 0 aliphatic carbocycles. The van der Waals surface area contributed by atoms with E-state index in [1.54, 1.807) is 0 Å². The van der Waals surface area contributed by atoms with Gasteiger partial charge in [0.15, 0.2) is 0 Å². The highest BCUT2D eigenvalue weighted by Gasteiger charge is 2.13. The van der Waals surface area contributed by atoms with Crippen molar-refractivity contribution in [3.63, 3.8) is 0 Å². The predicted molar refractivity (Wildman–Crippen MR) is 77.4 cm³/mol. The second kappa shape index (κ2) is 7.89. The van der Waals surface area contributed by atoms with E-state index in [4.69, 9.17) is 0 Å². The summed E-state index contributed by atoms with van der Waals surface area (Å²) in [6, 6.07) is 4.66. The fourth-order valence-corrected chi connectivity index (χ4v) is 2.09. The SMILES string of the molecule is CC#CCCC(NCCC)c1ccc(C)nc1C. The van der Waals surface area contributed by atoms with Crippen LogP contribution in [0.25, 0.3) is 0 Å². The lowest BCUT2D eigenvalue weighted by atomic mass is 10.00.